The van der Waals surface area contributed by atoms with Crippen molar-refractivity contribution in [1.82, 2.24) is 20.2 Å². The van der Waals surface area contributed by atoms with Crippen LogP contribution in [-0.4, -0.2) is 33.8 Å². The first-order valence-corrected chi connectivity index (χ1v) is 10.6. The highest BCUT2D eigenvalue weighted by Gasteiger charge is 2.15. The Morgan fingerprint density at radius 2 is 2.00 bits per heavy atom. The van der Waals surface area contributed by atoms with E-state index < -0.39 is 11.9 Å². The Balaban J connectivity index is 1.72. The molecule has 0 radical (unpaired) electrons. The highest BCUT2D eigenvalue weighted by molar-refractivity contribution is 7.99. The maximum Gasteiger partial charge on any atom is 0.321 e. The van der Waals surface area contributed by atoms with Crippen LogP contribution in [-0.2, 0) is 11.3 Å². The first kappa shape index (κ1) is 21.6. The van der Waals surface area contributed by atoms with E-state index in [1.54, 1.807) is 36.4 Å². The van der Waals surface area contributed by atoms with Gasteiger partial charge in [0, 0.05) is 6.54 Å². The molecular formula is C21H24N4O4S. The van der Waals surface area contributed by atoms with Crippen molar-refractivity contribution in [3.63, 3.8) is 0 Å². The summed E-state index contributed by atoms with van der Waals surface area (Å²) in [5.41, 5.74) is 0.332. The number of nitrogens with one attached hydrogen (secondary N) is 2. The third-order valence-electron chi connectivity index (χ3n) is 4.31. The lowest BCUT2D eigenvalue weighted by atomic mass is 10.1. The Hall–Kier alpha value is -3.07. The van der Waals surface area contributed by atoms with Crippen LogP contribution in [0.5, 0.6) is 0 Å². The monoisotopic (exact) mass is 428 g/mol. The van der Waals surface area contributed by atoms with Gasteiger partial charge in [0.05, 0.1) is 29.5 Å². The minimum absolute atomic E-state index is 0.0550. The predicted molar refractivity (Wildman–Crippen MR) is 116 cm³/mol. The molecule has 2 N–H and O–H groups in total. The van der Waals surface area contributed by atoms with Crippen LogP contribution >= 0.6 is 11.8 Å². The van der Waals surface area contributed by atoms with Crippen molar-refractivity contribution in [3.05, 3.63) is 58.8 Å². The van der Waals surface area contributed by atoms with Crippen molar-refractivity contribution in [3.8, 4) is 0 Å². The van der Waals surface area contributed by atoms with E-state index in [2.05, 4.69) is 29.5 Å². The third kappa shape index (κ3) is 5.73. The number of imide groups is 1. The highest BCUT2D eigenvalue weighted by Crippen LogP contribution is 2.19. The van der Waals surface area contributed by atoms with E-state index in [0.717, 1.165) is 18.2 Å². The van der Waals surface area contributed by atoms with Crippen LogP contribution < -0.4 is 16.2 Å². The molecule has 3 aromatic rings. The molecule has 0 bridgehead atoms. The Labute approximate surface area is 178 Å². The summed E-state index contributed by atoms with van der Waals surface area (Å²) in [6.45, 7) is 4.81. The number of furan rings is 1. The lowest BCUT2D eigenvalue weighted by Crippen LogP contribution is -2.41. The molecular weight excluding hydrogens is 404 g/mol. The highest BCUT2D eigenvalue weighted by atomic mass is 32.2. The summed E-state index contributed by atoms with van der Waals surface area (Å²) >= 11 is 1.09. The van der Waals surface area contributed by atoms with Gasteiger partial charge in [-0.25, -0.2) is 9.78 Å². The van der Waals surface area contributed by atoms with Crippen LogP contribution in [0.4, 0.5) is 4.79 Å². The molecule has 0 aliphatic rings. The fraction of sp³-hybridized carbons (Fsp3) is 0.333. The summed E-state index contributed by atoms with van der Waals surface area (Å²) in [6, 6.07) is 10.0. The van der Waals surface area contributed by atoms with Gasteiger partial charge >= 0.3 is 6.03 Å². The largest absolute Gasteiger partial charge is 0.467 e. The zero-order valence-corrected chi connectivity index (χ0v) is 17.7. The van der Waals surface area contributed by atoms with Crippen LogP contribution in [0.2, 0.25) is 0 Å². The summed E-state index contributed by atoms with van der Waals surface area (Å²) in [7, 11) is 0. The zero-order valence-electron chi connectivity index (χ0n) is 16.9. The number of para-hydroxylation sites is 1. The van der Waals surface area contributed by atoms with Crippen molar-refractivity contribution >= 4 is 34.6 Å². The number of thioether (sulfide) groups is 1. The number of benzene rings is 1. The van der Waals surface area contributed by atoms with Gasteiger partial charge in [-0.15, -0.1) is 0 Å². The van der Waals surface area contributed by atoms with Crippen LogP contribution in [0, 0.1) is 5.92 Å². The Kier molecular flexibility index (Phi) is 7.29. The normalized spacial score (nSPS) is 11.0. The molecule has 0 aliphatic carbocycles. The number of amides is 3. The van der Waals surface area contributed by atoms with Gasteiger partial charge in [0.2, 0.25) is 5.91 Å². The minimum Gasteiger partial charge on any atom is -0.467 e. The van der Waals surface area contributed by atoms with Crippen LogP contribution in [0.1, 0.15) is 26.0 Å². The van der Waals surface area contributed by atoms with Gasteiger partial charge in [-0.1, -0.05) is 37.7 Å². The molecule has 0 atom stereocenters. The summed E-state index contributed by atoms with van der Waals surface area (Å²) in [5, 5.41) is 5.82. The molecule has 2 aromatic heterocycles. The lowest BCUT2D eigenvalue weighted by molar-refractivity contribution is -0.117. The molecule has 0 saturated heterocycles. The van der Waals surface area contributed by atoms with Crippen molar-refractivity contribution in [1.29, 1.82) is 0 Å². The lowest BCUT2D eigenvalue weighted by Gasteiger charge is -2.12. The Morgan fingerprint density at radius 3 is 2.73 bits per heavy atom. The van der Waals surface area contributed by atoms with Crippen LogP contribution in [0.25, 0.3) is 10.9 Å². The summed E-state index contributed by atoms with van der Waals surface area (Å²) in [6.07, 6.45) is 2.36. The van der Waals surface area contributed by atoms with Gasteiger partial charge in [-0.2, -0.15) is 0 Å². The molecule has 3 amide bonds. The van der Waals surface area contributed by atoms with E-state index in [0.29, 0.717) is 34.3 Å². The molecule has 0 unspecified atom stereocenters. The average Bonchev–Trinajstić information content (AvgIpc) is 3.22. The fourth-order valence-corrected chi connectivity index (χ4v) is 3.57. The van der Waals surface area contributed by atoms with Gasteiger partial charge in [0.1, 0.15) is 5.76 Å². The van der Waals surface area contributed by atoms with Gasteiger partial charge in [0.15, 0.2) is 5.16 Å². The topological polar surface area (TPSA) is 106 Å². The molecule has 158 valence electrons. The SMILES string of the molecule is CC(C)CCNC(=O)NC(=O)CSc1nc2ccccc2c(=O)n1Cc1ccco1. The second kappa shape index (κ2) is 10.1. The summed E-state index contributed by atoms with van der Waals surface area (Å²) < 4.78 is 6.84. The van der Waals surface area contributed by atoms with E-state index in [-0.39, 0.29) is 17.9 Å². The second-order valence-electron chi connectivity index (χ2n) is 7.16. The smallest absolute Gasteiger partial charge is 0.321 e. The molecule has 9 heteroatoms. The minimum atomic E-state index is -0.527. The molecule has 0 spiro atoms. The van der Waals surface area contributed by atoms with Crippen LogP contribution in [0.3, 0.4) is 0 Å². The predicted octanol–water partition coefficient (Wildman–Crippen LogP) is 3.00. The summed E-state index contributed by atoms with van der Waals surface area (Å²) in [5.74, 6) is 0.543. The van der Waals surface area contributed by atoms with E-state index in [1.165, 1.54) is 10.8 Å². The number of hydrogen-bond acceptors (Lipinski definition) is 6. The molecule has 1 aromatic carbocycles. The molecule has 0 fully saturated rings. The molecule has 0 saturated carbocycles. The number of carbonyl (C=O) groups is 2. The standard InChI is InChI=1S/C21H24N4O4S/c1-14(2)9-10-22-20(28)24-18(26)13-30-21-23-17-8-4-3-7-16(17)19(27)25(21)12-15-6-5-11-29-15/h3-8,11,14H,9-10,12-13H2,1-2H3,(H2,22,24,26,28). The molecule has 8 nitrogen and oxygen atoms in total. The first-order chi connectivity index (χ1) is 14.4. The van der Waals surface area contributed by atoms with Gasteiger partial charge in [-0.05, 0) is 36.6 Å². The van der Waals surface area contributed by atoms with E-state index in [9.17, 15) is 14.4 Å². The maximum atomic E-state index is 13.0. The molecule has 2 heterocycles. The number of nitrogens with zero attached hydrogens (tertiary/aromatic N) is 2. The Bertz CT molecular complexity index is 1080. The first-order valence-electron chi connectivity index (χ1n) is 9.66. The second-order valence-corrected chi connectivity index (χ2v) is 8.10. The van der Waals surface area contributed by atoms with Crippen molar-refractivity contribution in [2.75, 3.05) is 12.3 Å². The number of fused-ring (bicyclic) bond motifs is 1. The molecule has 30 heavy (non-hydrogen) atoms. The maximum absolute atomic E-state index is 13.0. The number of carbonyl (C=O) groups excluding carboxylic acids is 2. The quantitative estimate of drug-likeness (QED) is 0.422. The number of hydrogen-bond donors (Lipinski definition) is 2. The van der Waals surface area contributed by atoms with E-state index in [1.807, 2.05) is 0 Å². The molecule has 0 aliphatic heterocycles. The zero-order chi connectivity index (χ0) is 21.5. The number of rotatable bonds is 8. The Morgan fingerprint density at radius 1 is 1.20 bits per heavy atom. The van der Waals surface area contributed by atoms with Gasteiger partial charge in [0.25, 0.3) is 5.56 Å². The van der Waals surface area contributed by atoms with Crippen molar-refractivity contribution in [2.24, 2.45) is 5.92 Å². The van der Waals surface area contributed by atoms with Crippen molar-refractivity contribution in [2.45, 2.75) is 32.0 Å². The fourth-order valence-electron chi connectivity index (χ4n) is 2.77. The van der Waals surface area contributed by atoms with Gasteiger partial charge < -0.3 is 9.73 Å². The average molecular weight is 429 g/mol. The third-order valence-corrected chi connectivity index (χ3v) is 5.29. The van der Waals surface area contributed by atoms with Crippen LogP contribution in [0.15, 0.2) is 57.0 Å². The van der Waals surface area contributed by atoms with E-state index >= 15 is 0 Å². The van der Waals surface area contributed by atoms with Crippen molar-refractivity contribution < 1.29 is 14.0 Å². The van der Waals surface area contributed by atoms with E-state index in [4.69, 9.17) is 4.42 Å². The van der Waals surface area contributed by atoms with Gasteiger partial charge in [-0.3, -0.25) is 19.5 Å². The summed E-state index contributed by atoms with van der Waals surface area (Å²) in [4.78, 5) is 41.5. The molecule has 3 rings (SSSR count). The number of urea groups is 1. The number of aromatic nitrogens is 2.